The number of esters is 1. The first-order valence-electron chi connectivity index (χ1n) is 17.2. The standard InChI is InChI=1S/C35H56O10/c1-18-14-20(27(40)31(4,5)42)44-28(41)24(18)32(6)12-13-35-16-34(35)11-10-23(45-29-26(39)25(38)19(37)15-43-29)30(2,3)21(34)8-9-22(35)33(32,7)17-36/h17-27,29,37-40,42H,8-16H2,1-7H3/t18-,19-,20-,21+,22+,23+,24+,25+,26-,27+,29+,32-,33+,34-,35+/m1/s1. The molecule has 15 atom stereocenters. The van der Waals surface area contributed by atoms with Gasteiger partial charge < -0.3 is 44.5 Å². The molecule has 6 aliphatic rings. The average Bonchev–Trinajstić information content (AvgIpc) is 3.63. The molecule has 0 bridgehead atoms. The number of aliphatic hydroxyl groups is 5. The summed E-state index contributed by atoms with van der Waals surface area (Å²) in [6.07, 6.45) is 0.859. The third-order valence-electron chi connectivity index (χ3n) is 14.7. The first-order chi connectivity index (χ1) is 20.8. The number of aliphatic hydroxyl groups excluding tert-OH is 4. The highest BCUT2D eigenvalue weighted by atomic mass is 16.7. The Morgan fingerprint density at radius 2 is 1.62 bits per heavy atom. The molecular weight excluding hydrogens is 580 g/mol. The van der Waals surface area contributed by atoms with Crippen LogP contribution in [0.3, 0.4) is 0 Å². The van der Waals surface area contributed by atoms with Crippen molar-refractivity contribution < 1.29 is 49.3 Å². The average molecular weight is 637 g/mol. The van der Waals surface area contributed by atoms with E-state index in [0.29, 0.717) is 12.3 Å². The zero-order valence-corrected chi connectivity index (χ0v) is 28.1. The van der Waals surface area contributed by atoms with Crippen molar-refractivity contribution in [2.45, 2.75) is 148 Å². The van der Waals surface area contributed by atoms with Gasteiger partial charge in [-0.2, -0.15) is 0 Å². The summed E-state index contributed by atoms with van der Waals surface area (Å²) in [5.74, 6) is -0.514. The topological polar surface area (TPSA) is 163 Å². The fourth-order valence-electron chi connectivity index (χ4n) is 12.0. The molecule has 0 aromatic carbocycles. The van der Waals surface area contributed by atoms with E-state index in [2.05, 4.69) is 27.7 Å². The van der Waals surface area contributed by atoms with Crippen molar-refractivity contribution in [3.63, 3.8) is 0 Å². The van der Waals surface area contributed by atoms with Gasteiger partial charge in [0.05, 0.1) is 24.2 Å². The lowest BCUT2D eigenvalue weighted by atomic mass is 9.40. The summed E-state index contributed by atoms with van der Waals surface area (Å²) in [5.41, 5.74) is -2.91. The molecule has 45 heavy (non-hydrogen) atoms. The predicted octanol–water partition coefficient (Wildman–Crippen LogP) is 2.74. The maximum atomic E-state index is 13.8. The van der Waals surface area contributed by atoms with E-state index in [0.717, 1.165) is 51.2 Å². The van der Waals surface area contributed by atoms with Crippen LogP contribution in [0.15, 0.2) is 0 Å². The minimum atomic E-state index is -1.40. The molecule has 2 spiro atoms. The van der Waals surface area contributed by atoms with Crippen LogP contribution in [-0.2, 0) is 23.8 Å². The molecule has 0 unspecified atom stereocenters. The number of cyclic esters (lactones) is 1. The van der Waals surface area contributed by atoms with Crippen molar-refractivity contribution in [1.29, 1.82) is 0 Å². The smallest absolute Gasteiger partial charge is 0.310 e. The number of hydrogen-bond acceptors (Lipinski definition) is 10. The first kappa shape index (κ1) is 33.7. The third kappa shape index (κ3) is 4.59. The molecule has 0 radical (unpaired) electrons. The first-order valence-corrected chi connectivity index (χ1v) is 17.2. The van der Waals surface area contributed by atoms with Crippen LogP contribution >= 0.6 is 0 Å². The summed E-state index contributed by atoms with van der Waals surface area (Å²) >= 11 is 0. The lowest BCUT2D eigenvalue weighted by Crippen LogP contribution is -2.63. The molecule has 2 aliphatic heterocycles. The summed E-state index contributed by atoms with van der Waals surface area (Å²) < 4.78 is 17.9. The quantitative estimate of drug-likeness (QED) is 0.166. The summed E-state index contributed by atoms with van der Waals surface area (Å²) in [6.45, 7) is 13.6. The van der Waals surface area contributed by atoms with Gasteiger partial charge in [-0.3, -0.25) is 4.79 Å². The summed E-state index contributed by atoms with van der Waals surface area (Å²) in [4.78, 5) is 27.2. The van der Waals surface area contributed by atoms with Gasteiger partial charge in [0.1, 0.15) is 36.8 Å². The summed E-state index contributed by atoms with van der Waals surface area (Å²) in [5, 5.41) is 51.8. The van der Waals surface area contributed by atoms with Crippen LogP contribution in [0.5, 0.6) is 0 Å². The Morgan fingerprint density at radius 3 is 2.24 bits per heavy atom. The van der Waals surface area contributed by atoms with Crippen molar-refractivity contribution in [3.05, 3.63) is 0 Å². The molecule has 4 aliphatic carbocycles. The second-order valence-electron chi connectivity index (χ2n) is 17.5. The molecule has 0 amide bonds. The molecule has 6 rings (SSSR count). The van der Waals surface area contributed by atoms with Crippen molar-refractivity contribution in [3.8, 4) is 0 Å². The van der Waals surface area contributed by atoms with Gasteiger partial charge in [0.15, 0.2) is 6.29 Å². The summed E-state index contributed by atoms with van der Waals surface area (Å²) in [7, 11) is 0. The van der Waals surface area contributed by atoms with Crippen LogP contribution in [0.4, 0.5) is 0 Å². The normalized spacial score (nSPS) is 53.3. The van der Waals surface area contributed by atoms with Crippen LogP contribution in [0.25, 0.3) is 0 Å². The Hall–Kier alpha value is -1.14. The highest BCUT2D eigenvalue weighted by Gasteiger charge is 2.82. The van der Waals surface area contributed by atoms with Gasteiger partial charge >= 0.3 is 5.97 Å². The summed E-state index contributed by atoms with van der Waals surface area (Å²) in [6, 6.07) is 0. The lowest BCUT2D eigenvalue weighted by Gasteiger charge is -2.64. The van der Waals surface area contributed by atoms with Gasteiger partial charge in [-0.05, 0) is 105 Å². The second kappa shape index (κ2) is 10.7. The highest BCUT2D eigenvalue weighted by molar-refractivity contribution is 5.77. The number of hydrogen-bond donors (Lipinski definition) is 5. The fraction of sp³-hybridized carbons (Fsp3) is 0.943. The van der Waals surface area contributed by atoms with Gasteiger partial charge in [0.25, 0.3) is 0 Å². The molecule has 2 saturated heterocycles. The van der Waals surface area contributed by atoms with Crippen LogP contribution in [-0.4, -0.2) is 92.9 Å². The number of rotatable bonds is 6. The van der Waals surface area contributed by atoms with Crippen LogP contribution in [0.1, 0.15) is 99.8 Å². The Kier molecular flexibility index (Phi) is 8.01. The fourth-order valence-corrected chi connectivity index (χ4v) is 12.0. The lowest BCUT2D eigenvalue weighted by molar-refractivity contribution is -0.302. The van der Waals surface area contributed by atoms with Crippen molar-refractivity contribution in [2.75, 3.05) is 6.61 Å². The minimum absolute atomic E-state index is 0.00986. The number of aldehydes is 1. The van der Waals surface area contributed by atoms with Crippen LogP contribution in [0, 0.1) is 50.7 Å². The molecule has 10 heteroatoms. The Morgan fingerprint density at radius 1 is 0.978 bits per heavy atom. The highest BCUT2D eigenvalue weighted by Crippen LogP contribution is 2.87. The molecular formula is C35H56O10. The molecule has 10 nitrogen and oxygen atoms in total. The maximum absolute atomic E-state index is 13.8. The van der Waals surface area contributed by atoms with E-state index < -0.39 is 59.2 Å². The van der Waals surface area contributed by atoms with E-state index in [9.17, 15) is 35.1 Å². The van der Waals surface area contributed by atoms with Gasteiger partial charge in [-0.1, -0.05) is 34.6 Å². The van der Waals surface area contributed by atoms with Gasteiger partial charge in [-0.15, -0.1) is 0 Å². The van der Waals surface area contributed by atoms with E-state index in [1.54, 1.807) is 0 Å². The van der Waals surface area contributed by atoms with E-state index in [1.165, 1.54) is 13.8 Å². The zero-order valence-electron chi connectivity index (χ0n) is 28.1. The van der Waals surface area contributed by atoms with E-state index in [-0.39, 0.29) is 46.8 Å². The predicted molar refractivity (Wildman–Crippen MR) is 162 cm³/mol. The second-order valence-corrected chi connectivity index (χ2v) is 17.5. The SMILES string of the molecule is C[C@@H]1C[C@H]([C@H](O)C(C)(C)O)OC(=O)[C@H]1[C@@]1(C)CC[C@@]23C[C@@]24CC[C@H](O[C@@H]2OC[C@@H](O)[C@H](O)[C@H]2O)C(C)(C)[C@@H]4CC[C@H]3[C@]1(C)C=O. The Labute approximate surface area is 267 Å². The molecule has 6 fully saturated rings. The molecule has 5 N–H and O–H groups in total. The minimum Gasteiger partial charge on any atom is -0.459 e. The zero-order chi connectivity index (χ0) is 33.1. The van der Waals surface area contributed by atoms with Gasteiger partial charge in [0.2, 0.25) is 0 Å². The molecule has 0 aromatic rings. The number of ether oxygens (including phenoxy) is 3. The Balaban J connectivity index is 1.23. The van der Waals surface area contributed by atoms with Gasteiger partial charge in [0, 0.05) is 5.41 Å². The molecule has 2 heterocycles. The molecule has 0 aromatic heterocycles. The van der Waals surface area contributed by atoms with Crippen molar-refractivity contribution in [2.24, 2.45) is 50.7 Å². The van der Waals surface area contributed by atoms with Crippen molar-refractivity contribution >= 4 is 12.3 Å². The van der Waals surface area contributed by atoms with E-state index >= 15 is 0 Å². The monoisotopic (exact) mass is 636 g/mol. The van der Waals surface area contributed by atoms with Crippen LogP contribution < -0.4 is 0 Å². The number of carbonyl (C=O) groups is 2. The molecule has 256 valence electrons. The van der Waals surface area contributed by atoms with Gasteiger partial charge in [-0.25, -0.2) is 0 Å². The maximum Gasteiger partial charge on any atom is 0.310 e. The van der Waals surface area contributed by atoms with Crippen LogP contribution in [0.2, 0.25) is 0 Å². The number of carbonyl (C=O) groups excluding carboxylic acids is 2. The van der Waals surface area contributed by atoms with E-state index in [1.807, 2.05) is 6.92 Å². The third-order valence-corrected chi connectivity index (χ3v) is 14.7. The van der Waals surface area contributed by atoms with Crippen molar-refractivity contribution in [1.82, 2.24) is 0 Å². The Bertz CT molecular complexity index is 1180. The van der Waals surface area contributed by atoms with E-state index in [4.69, 9.17) is 14.2 Å². The molecule has 4 saturated carbocycles. The largest absolute Gasteiger partial charge is 0.459 e.